The van der Waals surface area contributed by atoms with Gasteiger partial charge in [0.1, 0.15) is 19.8 Å². The second-order valence-corrected chi connectivity index (χ2v) is 11.2. The third kappa shape index (κ3) is 30.3. The lowest BCUT2D eigenvalue weighted by Crippen LogP contribution is -2.37. The summed E-state index contributed by atoms with van der Waals surface area (Å²) in [5.41, 5.74) is 0. The van der Waals surface area contributed by atoms with Crippen LogP contribution in [0.15, 0.2) is 48.6 Å². The van der Waals surface area contributed by atoms with Crippen molar-refractivity contribution in [3.05, 3.63) is 48.6 Å². The fraction of sp³-hybridized carbons (Fsp3) is 0.667. The van der Waals surface area contributed by atoms with Gasteiger partial charge in [-0.25, -0.2) is 0 Å². The molecule has 0 aliphatic heterocycles. The number of nitrogens with zero attached hydrogens (tertiary/aromatic N) is 1. The lowest BCUT2D eigenvalue weighted by molar-refractivity contribution is -0.870. The Balaban J connectivity index is 3.60. The van der Waals surface area contributed by atoms with E-state index in [9.17, 15) is 14.2 Å². The number of allylic oxidation sites excluding steroid dienone is 8. The average molecular weight is 569 g/mol. The highest BCUT2D eigenvalue weighted by Gasteiger charge is 2.22. The smallest absolute Gasteiger partial charge is 0.464 e. The molecule has 0 rings (SSSR count). The number of hydrogen-bond acceptors (Lipinski definition) is 6. The average Bonchev–Trinajstić information content (AvgIpc) is 2.87. The zero-order chi connectivity index (χ0) is 29.0. The van der Waals surface area contributed by atoms with E-state index in [2.05, 4.69) is 60.8 Å². The first kappa shape index (κ1) is 36.9. The first-order valence-electron chi connectivity index (χ1n) is 14.3. The van der Waals surface area contributed by atoms with E-state index < -0.39 is 14.2 Å². The Morgan fingerprint density at radius 3 is 1.90 bits per heavy atom. The maximum absolute atomic E-state index is 11.9. The van der Waals surface area contributed by atoms with Crippen LogP contribution in [-0.2, 0) is 27.9 Å². The molecule has 39 heavy (non-hydrogen) atoms. The summed E-state index contributed by atoms with van der Waals surface area (Å²) < 4.78 is 27.4. The number of amides is 1. The second-order valence-electron chi connectivity index (χ2n) is 10.2. The molecule has 0 saturated heterocycles. The molecule has 8 nitrogen and oxygen atoms in total. The van der Waals surface area contributed by atoms with Gasteiger partial charge < -0.3 is 14.5 Å². The minimum Gasteiger partial charge on any atom is -0.464 e. The van der Waals surface area contributed by atoms with Crippen LogP contribution in [0.5, 0.6) is 0 Å². The molecule has 0 radical (unpaired) electrons. The number of hydrogen-bond donors (Lipinski definition) is 1. The van der Waals surface area contributed by atoms with E-state index in [1.165, 1.54) is 25.7 Å². The second kappa shape index (κ2) is 26.1. The van der Waals surface area contributed by atoms with E-state index in [0.29, 0.717) is 24.1 Å². The quantitative estimate of drug-likeness (QED) is 0.0440. The van der Waals surface area contributed by atoms with Crippen molar-refractivity contribution >= 4 is 20.1 Å². The standard InChI is InChI=1S/C30H52N2O6P/c1-5-6-7-8-9-10-11-12-13-14-15-16-17-18-19-20-21-22-29(33)31-24-27-36-30(34)23-26-37-39(35)38-28-25-32(2,3)4/h9-10,12-13,15-16,18-19H,5-8,11,14,17,20-28H2,1-4H3/q+1/p+1/b10-9-,13-12-,16-15-,19-18-. The summed E-state index contributed by atoms with van der Waals surface area (Å²) in [5.74, 6) is -0.534. The Hall–Kier alpha value is -2.12. The molecule has 0 fully saturated rings. The highest BCUT2D eigenvalue weighted by atomic mass is 31.1. The third-order valence-corrected chi connectivity index (χ3v) is 6.17. The van der Waals surface area contributed by atoms with E-state index in [0.717, 1.165) is 32.1 Å². The number of likely N-dealkylation sites (N-methyl/N-ethyl adjacent to an activating group) is 1. The van der Waals surface area contributed by atoms with Crippen LogP contribution in [0.3, 0.4) is 0 Å². The summed E-state index contributed by atoms with van der Waals surface area (Å²) in [5, 5.41) is 2.74. The van der Waals surface area contributed by atoms with Gasteiger partial charge in [0.15, 0.2) is 6.61 Å². The number of carbonyl (C=O) groups is 2. The normalized spacial score (nSPS) is 12.8. The lowest BCUT2D eigenvalue weighted by atomic mass is 10.2. The monoisotopic (exact) mass is 568 g/mol. The summed E-state index contributed by atoms with van der Waals surface area (Å²) in [4.78, 5) is 23.6. The predicted molar refractivity (Wildman–Crippen MR) is 159 cm³/mol. The largest absolute Gasteiger partial charge is 0.697 e. The number of carbonyl (C=O) groups excluding carboxylic acids is 2. The molecule has 0 aliphatic rings. The molecular weight excluding hydrogens is 515 g/mol. The molecule has 0 heterocycles. The van der Waals surface area contributed by atoms with Crippen LogP contribution in [0.2, 0.25) is 0 Å². The van der Waals surface area contributed by atoms with Gasteiger partial charge in [0.2, 0.25) is 5.91 Å². The maximum atomic E-state index is 11.9. The van der Waals surface area contributed by atoms with Crippen molar-refractivity contribution in [1.29, 1.82) is 0 Å². The van der Waals surface area contributed by atoms with Crippen LogP contribution in [-0.4, -0.2) is 70.4 Å². The molecule has 1 amide bonds. The van der Waals surface area contributed by atoms with Crippen molar-refractivity contribution in [2.24, 2.45) is 0 Å². The van der Waals surface area contributed by atoms with Crippen LogP contribution < -0.4 is 5.32 Å². The lowest BCUT2D eigenvalue weighted by Gasteiger charge is -2.21. The Morgan fingerprint density at radius 2 is 1.31 bits per heavy atom. The Labute approximate surface area is 238 Å². The zero-order valence-corrected chi connectivity index (χ0v) is 25.7. The van der Waals surface area contributed by atoms with Gasteiger partial charge in [-0.05, 0) is 44.9 Å². The van der Waals surface area contributed by atoms with Crippen molar-refractivity contribution in [3.63, 3.8) is 0 Å². The van der Waals surface area contributed by atoms with Gasteiger partial charge in [-0.1, -0.05) is 68.4 Å². The molecule has 0 saturated carbocycles. The van der Waals surface area contributed by atoms with Gasteiger partial charge in [-0.15, -0.1) is 9.05 Å². The molecule has 0 aromatic carbocycles. The summed E-state index contributed by atoms with van der Waals surface area (Å²) in [6.07, 6.45) is 27.4. The third-order valence-electron chi connectivity index (χ3n) is 5.38. The van der Waals surface area contributed by atoms with Crippen LogP contribution in [0.25, 0.3) is 0 Å². The van der Waals surface area contributed by atoms with Gasteiger partial charge in [-0.2, -0.15) is 0 Å². The minimum atomic E-state index is -2.24. The van der Waals surface area contributed by atoms with Crippen LogP contribution in [0.1, 0.15) is 77.6 Å². The molecule has 1 atom stereocenters. The highest BCUT2D eigenvalue weighted by Crippen LogP contribution is 2.23. The maximum Gasteiger partial charge on any atom is 0.697 e. The number of esters is 1. The van der Waals surface area contributed by atoms with Gasteiger partial charge in [0.05, 0.1) is 34.1 Å². The number of rotatable bonds is 25. The molecule has 1 unspecified atom stereocenters. The van der Waals surface area contributed by atoms with E-state index in [1.54, 1.807) is 0 Å². The molecular formula is C30H53N2O6P+2. The van der Waals surface area contributed by atoms with Gasteiger partial charge in [0.25, 0.3) is 0 Å². The van der Waals surface area contributed by atoms with E-state index in [4.69, 9.17) is 13.8 Å². The Bertz CT molecular complexity index is 772. The first-order valence-corrected chi connectivity index (χ1v) is 15.4. The van der Waals surface area contributed by atoms with Crippen molar-refractivity contribution in [3.8, 4) is 0 Å². The highest BCUT2D eigenvalue weighted by molar-refractivity contribution is 7.33. The number of ether oxygens (including phenoxy) is 1. The fourth-order valence-corrected chi connectivity index (χ4v) is 3.63. The Kier molecular flexibility index (Phi) is 24.7. The van der Waals surface area contributed by atoms with Crippen LogP contribution in [0, 0.1) is 0 Å². The SMILES string of the molecule is CCCCC/C=C\C/C=C\C/C=C\C/C=C\CCCC(=O)NCCOC(=O)CCO[P+](=O)OCC[N+](C)(C)C. The summed E-state index contributed by atoms with van der Waals surface area (Å²) in [6.45, 7) is 3.55. The molecule has 9 heteroatoms. The van der Waals surface area contributed by atoms with Crippen molar-refractivity contribution in [2.75, 3.05) is 54.1 Å². The zero-order valence-electron chi connectivity index (χ0n) is 24.8. The van der Waals surface area contributed by atoms with Gasteiger partial charge in [-0.3, -0.25) is 9.59 Å². The first-order chi connectivity index (χ1) is 18.7. The summed E-state index contributed by atoms with van der Waals surface area (Å²) >= 11 is 0. The molecule has 1 N–H and O–H groups in total. The Morgan fingerprint density at radius 1 is 0.744 bits per heavy atom. The number of unbranched alkanes of at least 4 members (excludes halogenated alkanes) is 4. The predicted octanol–water partition coefficient (Wildman–Crippen LogP) is 6.58. The van der Waals surface area contributed by atoms with Crippen LogP contribution in [0.4, 0.5) is 0 Å². The summed E-state index contributed by atoms with van der Waals surface area (Å²) in [6, 6.07) is 0. The fourth-order valence-electron chi connectivity index (χ4n) is 3.09. The topological polar surface area (TPSA) is 90.9 Å². The number of nitrogens with one attached hydrogen (secondary N) is 1. The van der Waals surface area contributed by atoms with Gasteiger partial charge >= 0.3 is 14.2 Å². The van der Waals surface area contributed by atoms with Crippen molar-refractivity contribution in [1.82, 2.24) is 5.32 Å². The van der Waals surface area contributed by atoms with Crippen molar-refractivity contribution < 1.29 is 32.4 Å². The molecule has 0 aromatic rings. The molecule has 222 valence electrons. The van der Waals surface area contributed by atoms with E-state index >= 15 is 0 Å². The molecule has 0 spiro atoms. The van der Waals surface area contributed by atoms with Gasteiger partial charge in [0, 0.05) is 11.0 Å². The van der Waals surface area contributed by atoms with E-state index in [1.807, 2.05) is 21.1 Å². The van der Waals surface area contributed by atoms with E-state index in [-0.39, 0.29) is 32.1 Å². The number of quaternary nitrogens is 1. The minimum absolute atomic E-state index is 0.0250. The molecule has 0 aromatic heterocycles. The van der Waals surface area contributed by atoms with Crippen LogP contribution >= 0.6 is 8.25 Å². The summed E-state index contributed by atoms with van der Waals surface area (Å²) in [7, 11) is 3.77. The molecule has 0 aliphatic carbocycles. The molecule has 0 bridgehead atoms. The van der Waals surface area contributed by atoms with Crippen molar-refractivity contribution in [2.45, 2.75) is 77.6 Å².